The number of hydrogen-bond acceptors (Lipinski definition) is 3. The Morgan fingerprint density at radius 3 is 2.27 bits per heavy atom. The second-order valence-electron chi connectivity index (χ2n) is 4.20. The van der Waals surface area contributed by atoms with Crippen LogP contribution in [0.25, 0.3) is 0 Å². The lowest BCUT2D eigenvalue weighted by Crippen LogP contribution is -2.50. The van der Waals surface area contributed by atoms with Gasteiger partial charge in [0.05, 0.1) is 18.7 Å². The first-order valence-electron chi connectivity index (χ1n) is 5.50. The molecular formula is C11H24N2O2. The van der Waals surface area contributed by atoms with E-state index in [-0.39, 0.29) is 17.9 Å². The van der Waals surface area contributed by atoms with Crippen molar-refractivity contribution in [3.8, 4) is 0 Å². The number of carbonyl (C=O) groups excluding carboxylic acids is 1. The number of likely N-dealkylation sites (N-methyl/N-ethyl adjacent to an activating group) is 1. The van der Waals surface area contributed by atoms with Crippen molar-refractivity contribution < 1.29 is 9.53 Å². The Labute approximate surface area is 92.8 Å². The molecule has 0 radical (unpaired) electrons. The van der Waals surface area contributed by atoms with Gasteiger partial charge in [0.25, 0.3) is 0 Å². The molecule has 1 unspecified atom stereocenters. The molecule has 15 heavy (non-hydrogen) atoms. The quantitative estimate of drug-likeness (QED) is 0.716. The van der Waals surface area contributed by atoms with Crippen molar-refractivity contribution in [3.05, 3.63) is 0 Å². The molecule has 0 aliphatic carbocycles. The number of nitrogens with two attached hydrogens (primary N) is 1. The molecule has 0 bridgehead atoms. The molecule has 0 saturated heterocycles. The van der Waals surface area contributed by atoms with Crippen LogP contribution in [0.2, 0.25) is 0 Å². The van der Waals surface area contributed by atoms with Gasteiger partial charge in [0.1, 0.15) is 0 Å². The highest BCUT2D eigenvalue weighted by Gasteiger charge is 2.25. The molecule has 0 rings (SSSR count). The van der Waals surface area contributed by atoms with Crippen molar-refractivity contribution in [3.63, 3.8) is 0 Å². The molecule has 0 aliphatic rings. The highest BCUT2D eigenvalue weighted by Crippen LogP contribution is 2.07. The molecule has 0 aromatic carbocycles. The number of hydrogen-bond donors (Lipinski definition) is 1. The van der Waals surface area contributed by atoms with Crippen LogP contribution in [0.1, 0.15) is 27.7 Å². The maximum atomic E-state index is 12.0. The summed E-state index contributed by atoms with van der Waals surface area (Å²) >= 11 is 0. The van der Waals surface area contributed by atoms with Crippen LogP contribution in [0.15, 0.2) is 0 Å². The molecule has 90 valence electrons. The van der Waals surface area contributed by atoms with Crippen molar-refractivity contribution in [2.45, 2.75) is 39.8 Å². The fourth-order valence-electron chi connectivity index (χ4n) is 1.49. The summed E-state index contributed by atoms with van der Waals surface area (Å²) in [6.07, 6.45) is 0. The van der Waals surface area contributed by atoms with Gasteiger partial charge in [0.15, 0.2) is 0 Å². The molecule has 0 heterocycles. The van der Waals surface area contributed by atoms with E-state index in [0.717, 1.165) is 0 Å². The van der Waals surface area contributed by atoms with Gasteiger partial charge in [-0.2, -0.15) is 0 Å². The van der Waals surface area contributed by atoms with Gasteiger partial charge in [-0.3, -0.25) is 4.79 Å². The third-order valence-electron chi connectivity index (χ3n) is 2.57. The summed E-state index contributed by atoms with van der Waals surface area (Å²) in [5.74, 6) is 0.179. The number of ether oxygens (including phenoxy) is 1. The zero-order chi connectivity index (χ0) is 12.0. The van der Waals surface area contributed by atoms with Crippen molar-refractivity contribution in [1.82, 2.24) is 4.90 Å². The smallest absolute Gasteiger partial charge is 0.240 e. The lowest BCUT2D eigenvalue weighted by Gasteiger charge is -2.31. The standard InChI is InChI=1S/C11H24N2O2/c1-6-13(9(4)7-15-5)11(14)10(12)8(2)3/h8-10H,6-7,12H2,1-5H3/t9?,10-/m1/s1. The number of carbonyl (C=O) groups is 1. The third-order valence-corrected chi connectivity index (χ3v) is 2.57. The molecule has 2 N–H and O–H groups in total. The fraction of sp³-hybridized carbons (Fsp3) is 0.909. The van der Waals surface area contributed by atoms with Crippen LogP contribution in [-0.4, -0.2) is 43.2 Å². The summed E-state index contributed by atoms with van der Waals surface area (Å²) in [5, 5.41) is 0. The minimum Gasteiger partial charge on any atom is -0.383 e. The molecule has 1 amide bonds. The van der Waals surface area contributed by atoms with Crippen molar-refractivity contribution in [1.29, 1.82) is 0 Å². The zero-order valence-corrected chi connectivity index (χ0v) is 10.5. The minimum atomic E-state index is -0.413. The Kier molecular flexibility index (Phi) is 6.52. The number of nitrogens with zero attached hydrogens (tertiary/aromatic N) is 1. The first-order chi connectivity index (χ1) is 6.95. The normalized spacial score (nSPS) is 15.1. The van der Waals surface area contributed by atoms with Crippen LogP contribution < -0.4 is 5.73 Å². The Hall–Kier alpha value is -0.610. The summed E-state index contributed by atoms with van der Waals surface area (Å²) in [4.78, 5) is 13.7. The average molecular weight is 216 g/mol. The van der Waals surface area contributed by atoms with Crippen LogP contribution in [0.5, 0.6) is 0 Å². The van der Waals surface area contributed by atoms with E-state index in [0.29, 0.717) is 13.2 Å². The van der Waals surface area contributed by atoms with E-state index < -0.39 is 6.04 Å². The van der Waals surface area contributed by atoms with Crippen molar-refractivity contribution >= 4 is 5.91 Å². The summed E-state index contributed by atoms with van der Waals surface area (Å²) in [6.45, 7) is 9.05. The summed E-state index contributed by atoms with van der Waals surface area (Å²) < 4.78 is 5.04. The van der Waals surface area contributed by atoms with E-state index >= 15 is 0 Å². The molecule has 0 spiro atoms. The van der Waals surface area contributed by atoms with Crippen molar-refractivity contribution in [2.75, 3.05) is 20.3 Å². The first kappa shape index (κ1) is 14.4. The summed E-state index contributed by atoms with van der Waals surface area (Å²) in [5.41, 5.74) is 5.84. The van der Waals surface area contributed by atoms with Gasteiger partial charge in [-0.1, -0.05) is 13.8 Å². The van der Waals surface area contributed by atoms with Crippen molar-refractivity contribution in [2.24, 2.45) is 11.7 Å². The van der Waals surface area contributed by atoms with E-state index in [1.807, 2.05) is 27.7 Å². The molecule has 0 aliphatic heterocycles. The van der Waals surface area contributed by atoms with Crippen LogP contribution in [-0.2, 0) is 9.53 Å². The minimum absolute atomic E-state index is 0.0112. The van der Waals surface area contributed by atoms with E-state index in [1.165, 1.54) is 0 Å². The van der Waals surface area contributed by atoms with Crippen LogP contribution in [0, 0.1) is 5.92 Å². The topological polar surface area (TPSA) is 55.6 Å². The first-order valence-corrected chi connectivity index (χ1v) is 5.50. The Morgan fingerprint density at radius 1 is 1.40 bits per heavy atom. The Balaban J connectivity index is 4.46. The van der Waals surface area contributed by atoms with Gasteiger partial charge < -0.3 is 15.4 Å². The second kappa shape index (κ2) is 6.80. The average Bonchev–Trinajstić information content (AvgIpc) is 2.17. The van der Waals surface area contributed by atoms with Gasteiger partial charge in [-0.15, -0.1) is 0 Å². The van der Waals surface area contributed by atoms with E-state index in [1.54, 1.807) is 12.0 Å². The highest BCUT2D eigenvalue weighted by molar-refractivity contribution is 5.82. The molecule has 0 fully saturated rings. The molecule has 0 aromatic heterocycles. The predicted octanol–water partition coefficient (Wildman–Crippen LogP) is 0.853. The van der Waals surface area contributed by atoms with Gasteiger partial charge in [0.2, 0.25) is 5.91 Å². The number of rotatable bonds is 6. The number of methoxy groups -OCH3 is 1. The predicted molar refractivity (Wildman–Crippen MR) is 61.5 cm³/mol. The van der Waals surface area contributed by atoms with Crippen LogP contribution in [0.3, 0.4) is 0 Å². The Bertz CT molecular complexity index is 195. The maximum absolute atomic E-state index is 12.0. The van der Waals surface area contributed by atoms with Crippen LogP contribution in [0.4, 0.5) is 0 Å². The molecule has 2 atom stereocenters. The summed E-state index contributed by atoms with van der Waals surface area (Å²) in [7, 11) is 1.64. The molecular weight excluding hydrogens is 192 g/mol. The van der Waals surface area contributed by atoms with E-state index in [2.05, 4.69) is 0 Å². The SMILES string of the molecule is CCN(C(=O)[C@H](N)C(C)C)C(C)COC. The third kappa shape index (κ3) is 4.18. The monoisotopic (exact) mass is 216 g/mol. The maximum Gasteiger partial charge on any atom is 0.240 e. The zero-order valence-electron chi connectivity index (χ0n) is 10.5. The molecule has 4 heteroatoms. The van der Waals surface area contributed by atoms with Crippen LogP contribution >= 0.6 is 0 Å². The Morgan fingerprint density at radius 2 is 1.93 bits per heavy atom. The molecule has 4 nitrogen and oxygen atoms in total. The van der Waals surface area contributed by atoms with Gasteiger partial charge in [-0.25, -0.2) is 0 Å². The largest absolute Gasteiger partial charge is 0.383 e. The summed E-state index contributed by atoms with van der Waals surface area (Å²) in [6, 6.07) is -0.332. The second-order valence-corrected chi connectivity index (χ2v) is 4.20. The fourth-order valence-corrected chi connectivity index (χ4v) is 1.49. The lowest BCUT2D eigenvalue weighted by molar-refractivity contribution is -0.136. The lowest BCUT2D eigenvalue weighted by atomic mass is 10.0. The van der Waals surface area contributed by atoms with Gasteiger partial charge >= 0.3 is 0 Å². The number of amides is 1. The van der Waals surface area contributed by atoms with E-state index in [4.69, 9.17) is 10.5 Å². The molecule has 0 aromatic rings. The van der Waals surface area contributed by atoms with Gasteiger partial charge in [-0.05, 0) is 19.8 Å². The highest BCUT2D eigenvalue weighted by atomic mass is 16.5. The molecule has 0 saturated carbocycles. The van der Waals surface area contributed by atoms with Gasteiger partial charge in [0, 0.05) is 13.7 Å². The van der Waals surface area contributed by atoms with E-state index in [9.17, 15) is 4.79 Å².